The van der Waals surface area contributed by atoms with Gasteiger partial charge in [-0.25, -0.2) is 0 Å². The first kappa shape index (κ1) is 24.2. The molecule has 1 unspecified atom stereocenters. The largest absolute Gasteiger partial charge is 0.356 e. The predicted octanol–water partition coefficient (Wildman–Crippen LogP) is 3.41. The van der Waals surface area contributed by atoms with Crippen LogP contribution >= 0.6 is 24.0 Å². The third-order valence-electron chi connectivity index (χ3n) is 5.54. The number of carbonyl (C=O) groups is 1. The monoisotopic (exact) mass is 520 g/mol. The van der Waals surface area contributed by atoms with Crippen molar-refractivity contribution in [3.63, 3.8) is 0 Å². The summed E-state index contributed by atoms with van der Waals surface area (Å²) < 4.78 is 0. The quantitative estimate of drug-likeness (QED) is 0.319. The molecule has 162 valence electrons. The fourth-order valence-electron chi connectivity index (χ4n) is 3.78. The summed E-state index contributed by atoms with van der Waals surface area (Å²) in [4.78, 5) is 18.6. The number of carbonyl (C=O) groups excluding carboxylic acids is 1. The lowest BCUT2D eigenvalue weighted by molar-refractivity contribution is -0.127. The van der Waals surface area contributed by atoms with Gasteiger partial charge in [0.05, 0.1) is 0 Å². The topological polar surface area (TPSA) is 56.7 Å². The van der Waals surface area contributed by atoms with Gasteiger partial charge in [-0.05, 0) is 36.5 Å². The van der Waals surface area contributed by atoms with Crippen molar-refractivity contribution in [1.82, 2.24) is 15.5 Å². The second-order valence-corrected chi connectivity index (χ2v) is 7.70. The Hall–Kier alpha value is -2.09. The molecule has 1 saturated heterocycles. The summed E-state index contributed by atoms with van der Waals surface area (Å²) in [5, 5.41) is 6.77. The van der Waals surface area contributed by atoms with Crippen LogP contribution in [0.2, 0.25) is 0 Å². The number of nitrogens with one attached hydrogen (secondary N) is 2. The molecular formula is C24H33IN4O. The molecule has 0 saturated carbocycles. The third kappa shape index (κ3) is 7.31. The van der Waals surface area contributed by atoms with Crippen molar-refractivity contribution in [2.24, 2.45) is 10.9 Å². The van der Waals surface area contributed by atoms with Gasteiger partial charge in [-0.1, -0.05) is 54.6 Å². The van der Waals surface area contributed by atoms with E-state index in [2.05, 4.69) is 58.9 Å². The lowest BCUT2D eigenvalue weighted by atomic mass is 10.1. The minimum absolute atomic E-state index is 0. The van der Waals surface area contributed by atoms with E-state index in [4.69, 9.17) is 0 Å². The molecule has 1 fully saturated rings. The molecule has 1 aliphatic heterocycles. The summed E-state index contributed by atoms with van der Waals surface area (Å²) in [6, 6.07) is 18.8. The van der Waals surface area contributed by atoms with Crippen molar-refractivity contribution < 1.29 is 4.79 Å². The summed E-state index contributed by atoms with van der Waals surface area (Å²) >= 11 is 0. The number of hydrogen-bond acceptors (Lipinski definition) is 2. The Bertz CT molecular complexity index is 825. The summed E-state index contributed by atoms with van der Waals surface area (Å²) in [6.45, 7) is 5.35. The van der Waals surface area contributed by atoms with Gasteiger partial charge in [0.2, 0.25) is 5.91 Å². The molecule has 2 aromatic rings. The van der Waals surface area contributed by atoms with Crippen LogP contribution in [0.25, 0.3) is 0 Å². The fraction of sp³-hybridized carbons (Fsp3) is 0.417. The second kappa shape index (κ2) is 12.6. The zero-order chi connectivity index (χ0) is 20.5. The lowest BCUT2D eigenvalue weighted by Crippen LogP contribution is -2.41. The van der Waals surface area contributed by atoms with Crippen LogP contribution in [0.3, 0.4) is 0 Å². The summed E-state index contributed by atoms with van der Waals surface area (Å²) in [5.74, 6) is 1.39. The Morgan fingerprint density at radius 2 is 1.80 bits per heavy atom. The van der Waals surface area contributed by atoms with Gasteiger partial charge in [-0.2, -0.15) is 0 Å². The van der Waals surface area contributed by atoms with Gasteiger partial charge >= 0.3 is 0 Å². The number of hydrogen-bond donors (Lipinski definition) is 2. The molecule has 2 N–H and O–H groups in total. The minimum Gasteiger partial charge on any atom is -0.356 e. The maximum absolute atomic E-state index is 12.3. The Kier molecular flexibility index (Phi) is 10.1. The maximum Gasteiger partial charge on any atom is 0.223 e. The van der Waals surface area contributed by atoms with E-state index in [0.29, 0.717) is 12.3 Å². The number of nitrogens with zero attached hydrogens (tertiary/aromatic N) is 2. The summed E-state index contributed by atoms with van der Waals surface area (Å²) in [5.41, 5.74) is 3.95. The molecule has 0 bridgehead atoms. The van der Waals surface area contributed by atoms with Crippen LogP contribution in [0.4, 0.5) is 0 Å². The molecule has 1 aliphatic rings. The molecule has 0 aliphatic carbocycles. The zero-order valence-electron chi connectivity index (χ0n) is 17.9. The molecule has 1 heterocycles. The van der Waals surface area contributed by atoms with Crippen molar-refractivity contribution in [3.05, 3.63) is 71.3 Å². The van der Waals surface area contributed by atoms with E-state index >= 15 is 0 Å². The van der Waals surface area contributed by atoms with E-state index in [9.17, 15) is 4.79 Å². The number of likely N-dealkylation sites (tertiary alicyclic amines) is 1. The zero-order valence-corrected chi connectivity index (χ0v) is 20.3. The van der Waals surface area contributed by atoms with Crippen LogP contribution < -0.4 is 10.6 Å². The van der Waals surface area contributed by atoms with Gasteiger partial charge in [0.25, 0.3) is 0 Å². The maximum atomic E-state index is 12.3. The van der Waals surface area contributed by atoms with Crippen LogP contribution in [-0.2, 0) is 17.6 Å². The van der Waals surface area contributed by atoms with Crippen LogP contribution in [0, 0.1) is 12.8 Å². The molecule has 6 heteroatoms. The van der Waals surface area contributed by atoms with Crippen LogP contribution in [-0.4, -0.2) is 50.0 Å². The van der Waals surface area contributed by atoms with E-state index in [1.165, 1.54) is 16.7 Å². The van der Waals surface area contributed by atoms with Crippen LogP contribution in [0.1, 0.15) is 23.1 Å². The van der Waals surface area contributed by atoms with Gasteiger partial charge in [0.1, 0.15) is 0 Å². The highest BCUT2D eigenvalue weighted by atomic mass is 127. The van der Waals surface area contributed by atoms with Gasteiger partial charge in [-0.3, -0.25) is 9.79 Å². The first-order valence-corrected chi connectivity index (χ1v) is 10.5. The van der Waals surface area contributed by atoms with Gasteiger partial charge < -0.3 is 15.5 Å². The molecule has 5 nitrogen and oxygen atoms in total. The Labute approximate surface area is 197 Å². The molecule has 1 amide bonds. The Morgan fingerprint density at radius 1 is 1.07 bits per heavy atom. The van der Waals surface area contributed by atoms with Crippen molar-refractivity contribution in [1.29, 1.82) is 0 Å². The van der Waals surface area contributed by atoms with Crippen molar-refractivity contribution in [3.8, 4) is 0 Å². The number of rotatable bonds is 8. The summed E-state index contributed by atoms with van der Waals surface area (Å²) in [6.07, 6.45) is 2.49. The van der Waals surface area contributed by atoms with E-state index in [1.54, 1.807) is 7.05 Å². The lowest BCUT2D eigenvalue weighted by Gasteiger charge is -2.18. The molecular weight excluding hydrogens is 487 g/mol. The molecule has 30 heavy (non-hydrogen) atoms. The van der Waals surface area contributed by atoms with Gasteiger partial charge in [0.15, 0.2) is 5.96 Å². The average Bonchev–Trinajstić information content (AvgIpc) is 3.10. The van der Waals surface area contributed by atoms with Gasteiger partial charge in [0, 0.05) is 45.6 Å². The predicted molar refractivity (Wildman–Crippen MR) is 134 cm³/mol. The van der Waals surface area contributed by atoms with E-state index < -0.39 is 0 Å². The smallest absolute Gasteiger partial charge is 0.223 e. The normalized spacial score (nSPS) is 16.3. The molecule has 0 aromatic heterocycles. The minimum atomic E-state index is 0. The fourth-order valence-corrected chi connectivity index (χ4v) is 3.78. The molecule has 0 radical (unpaired) electrons. The molecule has 1 atom stereocenters. The number of guanidine groups is 1. The SMILES string of the molecule is CN=C(NCCc1ccccc1C)NCC1CC(=O)N(CCc2ccccc2)C1.I. The van der Waals surface area contributed by atoms with E-state index in [1.807, 2.05) is 23.1 Å². The standard InChI is InChI=1S/C24H32N4O.HI/c1-19-8-6-7-11-22(19)12-14-26-24(25-2)27-17-21-16-23(29)28(18-21)15-13-20-9-4-3-5-10-20;/h3-11,21H,12-18H2,1-2H3,(H2,25,26,27);1H. The van der Waals surface area contributed by atoms with E-state index in [0.717, 1.165) is 45.0 Å². The highest BCUT2D eigenvalue weighted by Gasteiger charge is 2.29. The third-order valence-corrected chi connectivity index (χ3v) is 5.54. The number of benzene rings is 2. The molecule has 2 aromatic carbocycles. The second-order valence-electron chi connectivity index (χ2n) is 7.70. The molecule has 0 spiro atoms. The van der Waals surface area contributed by atoms with Crippen LogP contribution in [0.5, 0.6) is 0 Å². The Balaban J connectivity index is 0.00000320. The number of amides is 1. The van der Waals surface area contributed by atoms with Crippen molar-refractivity contribution >= 4 is 35.8 Å². The number of aliphatic imine (C=N–C) groups is 1. The first-order valence-electron chi connectivity index (χ1n) is 10.5. The molecule has 3 rings (SSSR count). The number of halogens is 1. The highest BCUT2D eigenvalue weighted by Crippen LogP contribution is 2.17. The first-order chi connectivity index (χ1) is 14.2. The van der Waals surface area contributed by atoms with Gasteiger partial charge in [-0.15, -0.1) is 24.0 Å². The Morgan fingerprint density at radius 3 is 2.53 bits per heavy atom. The highest BCUT2D eigenvalue weighted by molar-refractivity contribution is 14.0. The van der Waals surface area contributed by atoms with Crippen molar-refractivity contribution in [2.75, 3.05) is 33.2 Å². The van der Waals surface area contributed by atoms with E-state index in [-0.39, 0.29) is 29.9 Å². The number of aryl methyl sites for hydroxylation is 1. The summed E-state index contributed by atoms with van der Waals surface area (Å²) in [7, 11) is 1.79. The van der Waals surface area contributed by atoms with Crippen molar-refractivity contribution in [2.45, 2.75) is 26.2 Å². The van der Waals surface area contributed by atoms with Crippen LogP contribution in [0.15, 0.2) is 59.6 Å². The average molecular weight is 520 g/mol.